The molecule has 27 heavy (non-hydrogen) atoms. The molecular formula is C18H22N4O5. The number of aromatic amines is 1. The summed E-state index contributed by atoms with van der Waals surface area (Å²) in [5.74, 6) is -1.24. The molecule has 3 N–H and O–H groups in total. The van der Waals surface area contributed by atoms with Crippen molar-refractivity contribution in [1.82, 2.24) is 19.9 Å². The molecule has 1 aliphatic rings. The van der Waals surface area contributed by atoms with Gasteiger partial charge < -0.3 is 10.4 Å². The number of aliphatic carboxylic acids is 1. The number of carbonyl (C=O) groups is 2. The predicted octanol–water partition coefficient (Wildman–Crippen LogP) is 0.823. The molecule has 0 saturated heterocycles. The molecule has 1 aliphatic carbocycles. The van der Waals surface area contributed by atoms with Gasteiger partial charge >= 0.3 is 11.7 Å². The van der Waals surface area contributed by atoms with Crippen molar-refractivity contribution in [3.8, 4) is 0 Å². The Hall–Kier alpha value is -2.97. The summed E-state index contributed by atoms with van der Waals surface area (Å²) in [7, 11) is 0. The molecule has 1 fully saturated rings. The number of amides is 1. The van der Waals surface area contributed by atoms with E-state index in [-0.39, 0.29) is 41.4 Å². The van der Waals surface area contributed by atoms with Crippen molar-refractivity contribution in [3.05, 3.63) is 38.2 Å². The van der Waals surface area contributed by atoms with E-state index in [4.69, 9.17) is 5.11 Å². The molecule has 144 valence electrons. The first-order valence-electron chi connectivity index (χ1n) is 8.95. The molecule has 0 spiro atoms. The molecule has 2 aromatic rings. The van der Waals surface area contributed by atoms with Crippen molar-refractivity contribution < 1.29 is 14.7 Å². The number of hydrogen-bond donors (Lipinski definition) is 3. The molecule has 0 bridgehead atoms. The number of nitrogens with zero attached hydrogens (tertiary/aromatic N) is 2. The Bertz CT molecular complexity index is 1020. The van der Waals surface area contributed by atoms with Gasteiger partial charge in [-0.1, -0.05) is 13.8 Å². The predicted molar refractivity (Wildman–Crippen MR) is 98.0 cm³/mol. The Balaban J connectivity index is 2.16. The van der Waals surface area contributed by atoms with Crippen molar-refractivity contribution in [2.24, 2.45) is 5.92 Å². The first kappa shape index (κ1) is 18.8. The molecule has 3 rings (SSSR count). The van der Waals surface area contributed by atoms with E-state index in [1.807, 2.05) is 13.8 Å². The van der Waals surface area contributed by atoms with Gasteiger partial charge in [0.2, 0.25) is 0 Å². The molecule has 0 atom stereocenters. The Morgan fingerprint density at radius 1 is 1.37 bits per heavy atom. The van der Waals surface area contributed by atoms with Gasteiger partial charge in [0.1, 0.15) is 0 Å². The first-order valence-corrected chi connectivity index (χ1v) is 8.95. The van der Waals surface area contributed by atoms with Gasteiger partial charge in [-0.05, 0) is 24.8 Å². The second kappa shape index (κ2) is 7.34. The molecule has 9 nitrogen and oxygen atoms in total. The largest absolute Gasteiger partial charge is 0.481 e. The second-order valence-electron chi connectivity index (χ2n) is 7.23. The molecule has 0 aliphatic heterocycles. The Labute approximate surface area is 154 Å². The zero-order valence-corrected chi connectivity index (χ0v) is 15.2. The van der Waals surface area contributed by atoms with Crippen LogP contribution in [-0.2, 0) is 11.3 Å². The lowest BCUT2D eigenvalue weighted by atomic mass is 10.1. The zero-order valence-electron chi connectivity index (χ0n) is 15.2. The van der Waals surface area contributed by atoms with Crippen LogP contribution in [0, 0.1) is 5.92 Å². The normalized spacial score (nSPS) is 13.9. The van der Waals surface area contributed by atoms with Crippen LogP contribution in [0.4, 0.5) is 0 Å². The van der Waals surface area contributed by atoms with Gasteiger partial charge in [-0.3, -0.25) is 23.9 Å². The third-order valence-corrected chi connectivity index (χ3v) is 4.38. The summed E-state index contributed by atoms with van der Waals surface area (Å²) in [5, 5.41) is 11.3. The highest BCUT2D eigenvalue weighted by atomic mass is 16.4. The molecule has 0 aromatic carbocycles. The van der Waals surface area contributed by atoms with Gasteiger partial charge in [0.05, 0.1) is 17.4 Å². The summed E-state index contributed by atoms with van der Waals surface area (Å²) < 4.78 is 1.39. The number of H-pyrrole nitrogens is 1. The number of carboxylic acid groups (broad SMARTS) is 1. The SMILES string of the molecule is CC(C)Cn1c(=O)[nH]c(=O)c2c(C(=O)NCCC(=O)O)cc(C3CC3)nc21. The van der Waals surface area contributed by atoms with Gasteiger partial charge in [-0.25, -0.2) is 9.78 Å². The lowest BCUT2D eigenvalue weighted by Crippen LogP contribution is -2.34. The number of fused-ring (bicyclic) bond motifs is 1. The van der Waals surface area contributed by atoms with Crippen LogP contribution in [0.25, 0.3) is 11.0 Å². The third-order valence-electron chi connectivity index (χ3n) is 4.38. The highest BCUT2D eigenvalue weighted by Crippen LogP contribution is 2.39. The minimum atomic E-state index is -1.03. The van der Waals surface area contributed by atoms with Crippen molar-refractivity contribution >= 4 is 22.9 Å². The molecule has 1 saturated carbocycles. The van der Waals surface area contributed by atoms with Gasteiger partial charge in [0.25, 0.3) is 11.5 Å². The van der Waals surface area contributed by atoms with E-state index in [0.29, 0.717) is 12.2 Å². The van der Waals surface area contributed by atoms with Gasteiger partial charge in [-0.15, -0.1) is 0 Å². The van der Waals surface area contributed by atoms with E-state index in [9.17, 15) is 19.2 Å². The number of carboxylic acids is 1. The number of rotatable bonds is 7. The Morgan fingerprint density at radius 2 is 2.07 bits per heavy atom. The summed E-state index contributed by atoms with van der Waals surface area (Å²) in [6.45, 7) is 4.18. The van der Waals surface area contributed by atoms with Crippen LogP contribution in [0.15, 0.2) is 15.7 Å². The highest BCUT2D eigenvalue weighted by Gasteiger charge is 2.28. The Morgan fingerprint density at radius 3 is 2.67 bits per heavy atom. The van der Waals surface area contributed by atoms with E-state index in [2.05, 4.69) is 15.3 Å². The molecule has 1 amide bonds. The van der Waals surface area contributed by atoms with Crippen LogP contribution in [0.2, 0.25) is 0 Å². The first-order chi connectivity index (χ1) is 12.8. The minimum absolute atomic E-state index is 0.0486. The fraction of sp³-hybridized carbons (Fsp3) is 0.500. The summed E-state index contributed by atoms with van der Waals surface area (Å²) in [6.07, 6.45) is 1.66. The highest BCUT2D eigenvalue weighted by molar-refractivity contribution is 6.05. The average molecular weight is 374 g/mol. The van der Waals surface area contributed by atoms with Crippen LogP contribution in [-0.4, -0.2) is 38.1 Å². The van der Waals surface area contributed by atoms with Crippen molar-refractivity contribution in [3.63, 3.8) is 0 Å². The molecular weight excluding hydrogens is 352 g/mol. The number of aromatic nitrogens is 3. The second-order valence-corrected chi connectivity index (χ2v) is 7.23. The molecule has 2 heterocycles. The van der Waals surface area contributed by atoms with Gasteiger partial charge in [0.15, 0.2) is 5.65 Å². The number of carbonyl (C=O) groups excluding carboxylic acids is 1. The van der Waals surface area contributed by atoms with E-state index in [0.717, 1.165) is 12.8 Å². The molecule has 2 aromatic heterocycles. The quantitative estimate of drug-likeness (QED) is 0.657. The minimum Gasteiger partial charge on any atom is -0.481 e. The molecule has 9 heteroatoms. The van der Waals surface area contributed by atoms with Crippen LogP contribution in [0.3, 0.4) is 0 Å². The van der Waals surface area contributed by atoms with Crippen LogP contribution in [0.5, 0.6) is 0 Å². The smallest absolute Gasteiger partial charge is 0.330 e. The number of nitrogens with one attached hydrogen (secondary N) is 2. The van der Waals surface area contributed by atoms with Crippen LogP contribution >= 0.6 is 0 Å². The summed E-state index contributed by atoms with van der Waals surface area (Å²) in [5.41, 5.74) is -0.239. The van der Waals surface area contributed by atoms with E-state index in [1.165, 1.54) is 4.57 Å². The van der Waals surface area contributed by atoms with Gasteiger partial charge in [0, 0.05) is 24.7 Å². The Kier molecular flexibility index (Phi) is 5.11. The van der Waals surface area contributed by atoms with E-state index in [1.54, 1.807) is 6.07 Å². The molecule has 0 unspecified atom stereocenters. The number of hydrogen-bond acceptors (Lipinski definition) is 5. The maximum absolute atomic E-state index is 12.6. The van der Waals surface area contributed by atoms with Crippen LogP contribution < -0.4 is 16.6 Å². The number of pyridine rings is 1. The van der Waals surface area contributed by atoms with Crippen molar-refractivity contribution in [2.75, 3.05) is 6.54 Å². The summed E-state index contributed by atoms with van der Waals surface area (Å²) in [6, 6.07) is 1.58. The summed E-state index contributed by atoms with van der Waals surface area (Å²) >= 11 is 0. The van der Waals surface area contributed by atoms with Crippen molar-refractivity contribution in [2.45, 2.75) is 45.6 Å². The lowest BCUT2D eigenvalue weighted by molar-refractivity contribution is -0.136. The van der Waals surface area contributed by atoms with Gasteiger partial charge in [-0.2, -0.15) is 0 Å². The van der Waals surface area contributed by atoms with E-state index < -0.39 is 23.1 Å². The fourth-order valence-electron chi connectivity index (χ4n) is 2.97. The third kappa shape index (κ3) is 4.07. The van der Waals surface area contributed by atoms with E-state index >= 15 is 0 Å². The van der Waals surface area contributed by atoms with Crippen molar-refractivity contribution in [1.29, 1.82) is 0 Å². The maximum atomic E-state index is 12.6. The topological polar surface area (TPSA) is 134 Å². The monoisotopic (exact) mass is 374 g/mol. The zero-order chi connectivity index (χ0) is 19.7. The lowest BCUT2D eigenvalue weighted by Gasteiger charge is -2.14. The standard InChI is InChI=1S/C18H22N4O5/c1-9(2)8-22-15-14(17(26)21-18(22)27)11(7-12(20-15)10-3-4-10)16(25)19-6-5-13(23)24/h7,9-10H,3-6,8H2,1-2H3,(H,19,25)(H,23,24)(H,21,26,27). The fourth-order valence-corrected chi connectivity index (χ4v) is 2.97. The van der Waals surface area contributed by atoms with Crippen LogP contribution in [0.1, 0.15) is 55.1 Å². The molecule has 0 radical (unpaired) electrons. The maximum Gasteiger partial charge on any atom is 0.330 e. The summed E-state index contributed by atoms with van der Waals surface area (Å²) in [4.78, 5) is 54.9. The average Bonchev–Trinajstić information content (AvgIpc) is 3.41.